The summed E-state index contributed by atoms with van der Waals surface area (Å²) >= 11 is 0. The summed E-state index contributed by atoms with van der Waals surface area (Å²) in [6, 6.07) is 5.63. The molecule has 1 aromatic carbocycles. The second kappa shape index (κ2) is 5.16. The van der Waals surface area contributed by atoms with Gasteiger partial charge in [0.05, 0.1) is 12.7 Å². The summed E-state index contributed by atoms with van der Waals surface area (Å²) in [4.78, 5) is 0. The lowest BCUT2D eigenvalue weighted by atomic mass is 9.94. The number of para-hydroxylation sites is 1. The van der Waals surface area contributed by atoms with E-state index in [1.165, 1.54) is 18.2 Å². The average molecular weight is 262 g/mol. The van der Waals surface area contributed by atoms with Crippen molar-refractivity contribution in [2.45, 2.75) is 18.9 Å². The van der Waals surface area contributed by atoms with E-state index in [4.69, 9.17) is 4.74 Å². The molecule has 100 valence electrons. The number of aliphatic hydroxyl groups is 1. The molecule has 0 bridgehead atoms. The minimum Gasteiger partial charge on any atom is -0.405 e. The van der Waals surface area contributed by atoms with E-state index in [-0.39, 0.29) is 17.2 Å². The monoisotopic (exact) mass is 262 g/mol. The molecule has 1 saturated heterocycles. The molecule has 1 fully saturated rings. The van der Waals surface area contributed by atoms with E-state index in [1.807, 2.05) is 0 Å². The predicted molar refractivity (Wildman–Crippen MR) is 57.0 cm³/mol. The molecule has 6 heteroatoms. The highest BCUT2D eigenvalue weighted by atomic mass is 19.4. The number of rotatable bonds is 3. The second-order valence-electron chi connectivity index (χ2n) is 4.15. The lowest BCUT2D eigenvalue weighted by molar-refractivity contribution is -0.275. The van der Waals surface area contributed by atoms with Gasteiger partial charge in [-0.3, -0.25) is 0 Å². The molecule has 0 aliphatic carbocycles. The van der Waals surface area contributed by atoms with Crippen LogP contribution in [0.15, 0.2) is 24.3 Å². The van der Waals surface area contributed by atoms with Crippen LogP contribution in [0.25, 0.3) is 0 Å². The van der Waals surface area contributed by atoms with Crippen molar-refractivity contribution in [3.05, 3.63) is 29.8 Å². The first-order valence-electron chi connectivity index (χ1n) is 5.58. The van der Waals surface area contributed by atoms with Gasteiger partial charge in [-0.15, -0.1) is 13.2 Å². The maximum absolute atomic E-state index is 12.2. The van der Waals surface area contributed by atoms with Crippen LogP contribution in [0.3, 0.4) is 0 Å². The number of halogens is 3. The molecule has 0 aromatic heterocycles. The molecule has 1 heterocycles. The zero-order valence-electron chi connectivity index (χ0n) is 9.48. The SMILES string of the molecule is OC(c1ccccc1OC(F)(F)F)C1CCOC1. The Morgan fingerprint density at radius 1 is 1.33 bits per heavy atom. The normalized spacial score (nSPS) is 21.9. The van der Waals surface area contributed by atoms with Crippen molar-refractivity contribution < 1.29 is 27.8 Å². The quantitative estimate of drug-likeness (QED) is 0.910. The fraction of sp³-hybridized carbons (Fsp3) is 0.500. The van der Waals surface area contributed by atoms with Gasteiger partial charge in [-0.05, 0) is 12.5 Å². The van der Waals surface area contributed by atoms with Gasteiger partial charge >= 0.3 is 6.36 Å². The molecule has 18 heavy (non-hydrogen) atoms. The smallest absolute Gasteiger partial charge is 0.405 e. The van der Waals surface area contributed by atoms with Gasteiger partial charge in [0.25, 0.3) is 0 Å². The number of aliphatic hydroxyl groups excluding tert-OH is 1. The van der Waals surface area contributed by atoms with Crippen LogP contribution in [0.2, 0.25) is 0 Å². The zero-order chi connectivity index (χ0) is 13.2. The zero-order valence-corrected chi connectivity index (χ0v) is 9.48. The van der Waals surface area contributed by atoms with Gasteiger partial charge in [0.2, 0.25) is 0 Å². The number of alkyl halides is 3. The Balaban J connectivity index is 2.20. The molecule has 2 rings (SSSR count). The molecule has 1 aliphatic rings. The first-order chi connectivity index (χ1) is 8.47. The summed E-state index contributed by atoms with van der Waals surface area (Å²) in [6.07, 6.45) is -5.14. The van der Waals surface area contributed by atoms with E-state index in [0.29, 0.717) is 19.6 Å². The van der Waals surface area contributed by atoms with Crippen LogP contribution in [0, 0.1) is 5.92 Å². The van der Waals surface area contributed by atoms with E-state index >= 15 is 0 Å². The average Bonchev–Trinajstić information content (AvgIpc) is 2.80. The lowest BCUT2D eigenvalue weighted by Crippen LogP contribution is -2.20. The van der Waals surface area contributed by atoms with Crippen molar-refractivity contribution in [1.29, 1.82) is 0 Å². The van der Waals surface area contributed by atoms with E-state index < -0.39 is 12.5 Å². The molecule has 2 unspecified atom stereocenters. The Bertz CT molecular complexity index is 400. The molecule has 0 radical (unpaired) electrons. The Morgan fingerprint density at radius 2 is 2.06 bits per heavy atom. The largest absolute Gasteiger partial charge is 0.573 e. The molecule has 0 spiro atoms. The summed E-state index contributed by atoms with van der Waals surface area (Å²) in [7, 11) is 0. The second-order valence-corrected chi connectivity index (χ2v) is 4.15. The molecule has 1 aromatic rings. The van der Waals surface area contributed by atoms with Crippen LogP contribution in [-0.2, 0) is 4.74 Å². The molecule has 0 amide bonds. The van der Waals surface area contributed by atoms with Crippen molar-refractivity contribution in [2.75, 3.05) is 13.2 Å². The Kier molecular flexibility index (Phi) is 3.77. The minimum atomic E-state index is -4.76. The van der Waals surface area contributed by atoms with Gasteiger partial charge in [0.1, 0.15) is 5.75 Å². The van der Waals surface area contributed by atoms with Crippen molar-refractivity contribution in [2.24, 2.45) is 5.92 Å². The summed E-state index contributed by atoms with van der Waals surface area (Å²) in [5.74, 6) is -0.549. The fourth-order valence-corrected chi connectivity index (χ4v) is 2.00. The third-order valence-electron chi connectivity index (χ3n) is 2.87. The van der Waals surface area contributed by atoms with Crippen LogP contribution < -0.4 is 4.74 Å². The van der Waals surface area contributed by atoms with Gasteiger partial charge in [-0.25, -0.2) is 0 Å². The van der Waals surface area contributed by atoms with E-state index in [9.17, 15) is 18.3 Å². The van der Waals surface area contributed by atoms with Crippen LogP contribution in [0.5, 0.6) is 5.75 Å². The van der Waals surface area contributed by atoms with Gasteiger partial charge in [0.15, 0.2) is 0 Å². The van der Waals surface area contributed by atoms with Crippen molar-refractivity contribution in [3.63, 3.8) is 0 Å². The van der Waals surface area contributed by atoms with E-state index in [2.05, 4.69) is 4.74 Å². The first kappa shape index (κ1) is 13.2. The summed E-state index contributed by atoms with van der Waals surface area (Å²) in [5.41, 5.74) is 0.144. The molecule has 2 atom stereocenters. The van der Waals surface area contributed by atoms with Crippen molar-refractivity contribution in [1.82, 2.24) is 0 Å². The number of ether oxygens (including phenoxy) is 2. The standard InChI is InChI=1S/C12H13F3O3/c13-12(14,15)18-10-4-2-1-3-9(10)11(16)8-5-6-17-7-8/h1-4,8,11,16H,5-7H2. The molecule has 1 aliphatic heterocycles. The molecule has 0 saturated carbocycles. The summed E-state index contributed by atoms with van der Waals surface area (Å²) in [6.45, 7) is 0.867. The third-order valence-corrected chi connectivity index (χ3v) is 2.87. The Morgan fingerprint density at radius 3 is 2.67 bits per heavy atom. The topological polar surface area (TPSA) is 38.7 Å². The highest BCUT2D eigenvalue weighted by Gasteiger charge is 2.34. The summed E-state index contributed by atoms with van der Waals surface area (Å²) < 4.78 is 45.7. The van der Waals surface area contributed by atoms with Gasteiger partial charge in [-0.1, -0.05) is 18.2 Å². The number of hydrogen-bond donors (Lipinski definition) is 1. The molecule has 1 N–H and O–H groups in total. The highest BCUT2D eigenvalue weighted by Crippen LogP contribution is 2.36. The van der Waals surface area contributed by atoms with Crippen LogP contribution >= 0.6 is 0 Å². The summed E-state index contributed by atoms with van der Waals surface area (Å²) in [5, 5.41) is 10.1. The van der Waals surface area contributed by atoms with Crippen LogP contribution in [0.1, 0.15) is 18.1 Å². The van der Waals surface area contributed by atoms with Crippen molar-refractivity contribution >= 4 is 0 Å². The third kappa shape index (κ3) is 3.14. The Labute approximate surface area is 102 Å². The van der Waals surface area contributed by atoms with Crippen LogP contribution in [-0.4, -0.2) is 24.7 Å². The maximum atomic E-state index is 12.2. The predicted octanol–water partition coefficient (Wildman–Crippen LogP) is 2.66. The van der Waals surface area contributed by atoms with E-state index in [1.54, 1.807) is 6.07 Å². The number of hydrogen-bond acceptors (Lipinski definition) is 3. The molecular weight excluding hydrogens is 249 g/mol. The maximum Gasteiger partial charge on any atom is 0.573 e. The van der Waals surface area contributed by atoms with Crippen molar-refractivity contribution in [3.8, 4) is 5.75 Å². The fourth-order valence-electron chi connectivity index (χ4n) is 2.00. The first-order valence-corrected chi connectivity index (χ1v) is 5.58. The molecular formula is C12H13F3O3. The highest BCUT2D eigenvalue weighted by molar-refractivity contribution is 5.35. The Hall–Kier alpha value is -1.27. The van der Waals surface area contributed by atoms with Crippen LogP contribution in [0.4, 0.5) is 13.2 Å². The van der Waals surface area contributed by atoms with Gasteiger partial charge in [-0.2, -0.15) is 0 Å². The van der Waals surface area contributed by atoms with E-state index in [0.717, 1.165) is 0 Å². The van der Waals surface area contributed by atoms with Gasteiger partial charge < -0.3 is 14.6 Å². The van der Waals surface area contributed by atoms with Gasteiger partial charge in [0, 0.05) is 18.1 Å². The lowest BCUT2D eigenvalue weighted by Gasteiger charge is -2.20. The molecule has 3 nitrogen and oxygen atoms in total. The minimum absolute atomic E-state index is 0.144. The number of benzene rings is 1.